The monoisotopic (exact) mass is 400 g/mol. The molecule has 6 aliphatic rings. The summed E-state index contributed by atoms with van der Waals surface area (Å²) in [7, 11) is 0. The van der Waals surface area contributed by atoms with Gasteiger partial charge in [0.15, 0.2) is 0 Å². The van der Waals surface area contributed by atoms with Gasteiger partial charge < -0.3 is 5.11 Å². The van der Waals surface area contributed by atoms with E-state index < -0.39 is 5.60 Å². The Balaban J connectivity index is 1.50. The number of rotatable bonds is 3. The van der Waals surface area contributed by atoms with Crippen molar-refractivity contribution in [2.24, 2.45) is 40.4 Å². The van der Waals surface area contributed by atoms with Crippen LogP contribution in [0.25, 0.3) is 0 Å². The van der Waals surface area contributed by atoms with Crippen LogP contribution in [0.4, 0.5) is 0 Å². The molecule has 2 bridgehead atoms. The highest BCUT2D eigenvalue weighted by atomic mass is 17.2. The van der Waals surface area contributed by atoms with Gasteiger partial charge in [-0.2, -0.15) is 0 Å². The molecule has 29 heavy (non-hydrogen) atoms. The molecular weight excluding hydrogens is 360 g/mol. The lowest BCUT2D eigenvalue weighted by Crippen LogP contribution is -2.73. The summed E-state index contributed by atoms with van der Waals surface area (Å²) in [5, 5.41) is 10.4. The third-order valence-electron chi connectivity index (χ3n) is 10.1. The van der Waals surface area contributed by atoms with E-state index in [-0.39, 0.29) is 17.1 Å². The highest BCUT2D eigenvalue weighted by Gasteiger charge is 2.74. The van der Waals surface area contributed by atoms with Gasteiger partial charge in [-0.05, 0) is 67.8 Å². The standard InChI is InChI=1S/C26H40O3/c1-17(2)6-7-18(3)20-8-9-21-23(20,4)12-11-22-24(5)13-10-19(27)16-25(24)14-15-26(21,22)29-28-25/h6-7,14-15,17-22,27H,8-13,16H2,1-5H3/b7-6+/t18-,19+,20-,21-,22-,23-,24-,25-,26+/m1/s1. The van der Waals surface area contributed by atoms with Gasteiger partial charge in [0.05, 0.1) is 6.10 Å². The fourth-order valence-corrected chi connectivity index (χ4v) is 8.54. The van der Waals surface area contributed by atoms with Crippen LogP contribution < -0.4 is 0 Å². The maximum absolute atomic E-state index is 10.4. The lowest BCUT2D eigenvalue weighted by atomic mass is 9.43. The Hall–Kier alpha value is -0.640. The molecule has 4 fully saturated rings. The van der Waals surface area contributed by atoms with Crippen molar-refractivity contribution < 1.29 is 14.9 Å². The van der Waals surface area contributed by atoms with Crippen LogP contribution in [0.1, 0.15) is 79.6 Å². The van der Waals surface area contributed by atoms with Crippen LogP contribution in [0.5, 0.6) is 0 Å². The SMILES string of the molecule is CC(C)/C=C/[C@@H](C)[C@H]1CC[C@@H]2[C@]1(C)CC[C@H]1[C@]23C=C[C@]2(C[C@@H](O)CC[C@]12C)OO3. The summed E-state index contributed by atoms with van der Waals surface area (Å²) in [6.45, 7) is 11.9. The first-order valence-electron chi connectivity index (χ1n) is 12.1. The lowest BCUT2D eigenvalue weighted by Gasteiger charge is -2.69. The number of aliphatic hydroxyl groups is 1. The second-order valence-corrected chi connectivity index (χ2v) is 11.9. The highest BCUT2D eigenvalue weighted by molar-refractivity contribution is 5.33. The van der Waals surface area contributed by atoms with Crippen molar-refractivity contribution >= 4 is 0 Å². The zero-order chi connectivity index (χ0) is 20.7. The van der Waals surface area contributed by atoms with Gasteiger partial charge in [0.2, 0.25) is 0 Å². The predicted octanol–water partition coefficient (Wildman–Crippen LogP) is 5.84. The highest BCUT2D eigenvalue weighted by Crippen LogP contribution is 2.72. The maximum atomic E-state index is 10.4. The quantitative estimate of drug-likeness (QED) is 0.478. The molecule has 0 unspecified atom stereocenters. The molecule has 3 saturated carbocycles. The van der Waals surface area contributed by atoms with Crippen molar-refractivity contribution in [1.29, 1.82) is 0 Å². The van der Waals surface area contributed by atoms with Crippen LogP contribution in [0, 0.1) is 40.4 Å². The number of hydrogen-bond donors (Lipinski definition) is 1. The maximum Gasteiger partial charge on any atom is 0.130 e. The van der Waals surface area contributed by atoms with Gasteiger partial charge in [-0.25, -0.2) is 9.78 Å². The Morgan fingerprint density at radius 1 is 0.931 bits per heavy atom. The van der Waals surface area contributed by atoms with Crippen molar-refractivity contribution in [2.75, 3.05) is 0 Å². The molecule has 1 N–H and O–H groups in total. The van der Waals surface area contributed by atoms with E-state index in [1.807, 2.05) is 0 Å². The molecule has 9 atom stereocenters. The van der Waals surface area contributed by atoms with E-state index in [1.165, 1.54) is 25.7 Å². The van der Waals surface area contributed by atoms with Gasteiger partial charge in [0.25, 0.3) is 0 Å². The minimum Gasteiger partial charge on any atom is -0.393 e. The molecule has 1 saturated heterocycles. The lowest BCUT2D eigenvalue weighted by molar-refractivity contribution is -0.497. The Kier molecular flexibility index (Phi) is 4.50. The minimum atomic E-state index is -0.434. The summed E-state index contributed by atoms with van der Waals surface area (Å²) in [6.07, 6.45) is 16.9. The largest absolute Gasteiger partial charge is 0.393 e. The van der Waals surface area contributed by atoms with Gasteiger partial charge in [0.1, 0.15) is 11.2 Å². The van der Waals surface area contributed by atoms with Crippen LogP contribution in [-0.4, -0.2) is 22.4 Å². The molecule has 3 heteroatoms. The molecule has 0 aromatic rings. The third-order valence-corrected chi connectivity index (χ3v) is 10.1. The van der Waals surface area contributed by atoms with Crippen molar-refractivity contribution in [3.8, 4) is 0 Å². The van der Waals surface area contributed by atoms with E-state index in [1.54, 1.807) is 0 Å². The van der Waals surface area contributed by atoms with E-state index in [0.29, 0.717) is 41.4 Å². The number of hydrogen-bond acceptors (Lipinski definition) is 3. The first-order valence-corrected chi connectivity index (χ1v) is 12.1. The molecular formula is C26H40O3. The number of fused-ring (bicyclic) bond motifs is 2. The predicted molar refractivity (Wildman–Crippen MR) is 115 cm³/mol. The fraction of sp³-hybridized carbons (Fsp3) is 0.846. The Morgan fingerprint density at radius 3 is 2.41 bits per heavy atom. The van der Waals surface area contributed by atoms with Crippen molar-refractivity contribution in [1.82, 2.24) is 0 Å². The number of aliphatic hydroxyl groups excluding tert-OH is 1. The minimum absolute atomic E-state index is 0.0712. The third kappa shape index (κ3) is 2.53. The number of allylic oxidation sites excluding steroid dienone is 2. The molecule has 0 amide bonds. The van der Waals surface area contributed by atoms with Gasteiger partial charge in [-0.1, -0.05) is 52.8 Å². The summed E-state index contributed by atoms with van der Waals surface area (Å²) in [5.74, 6) is 2.95. The zero-order valence-electron chi connectivity index (χ0n) is 19.0. The first-order chi connectivity index (χ1) is 13.7. The van der Waals surface area contributed by atoms with Crippen LogP contribution in [0.2, 0.25) is 0 Å². The first kappa shape index (κ1) is 20.3. The van der Waals surface area contributed by atoms with E-state index >= 15 is 0 Å². The second-order valence-electron chi connectivity index (χ2n) is 11.9. The molecule has 0 aromatic heterocycles. The van der Waals surface area contributed by atoms with Crippen molar-refractivity contribution in [2.45, 2.75) is 96.9 Å². The van der Waals surface area contributed by atoms with Crippen molar-refractivity contribution in [3.05, 3.63) is 24.3 Å². The van der Waals surface area contributed by atoms with Gasteiger partial charge in [-0.3, -0.25) is 0 Å². The average Bonchev–Trinajstić information content (AvgIpc) is 3.04. The van der Waals surface area contributed by atoms with Crippen LogP contribution >= 0.6 is 0 Å². The summed E-state index contributed by atoms with van der Waals surface area (Å²) in [4.78, 5) is 12.7. The van der Waals surface area contributed by atoms with Gasteiger partial charge in [0, 0.05) is 23.7 Å². The Morgan fingerprint density at radius 2 is 1.72 bits per heavy atom. The molecule has 4 aliphatic carbocycles. The summed E-state index contributed by atoms with van der Waals surface area (Å²) in [5.41, 5.74) is -0.341. The molecule has 2 aliphatic heterocycles. The van der Waals surface area contributed by atoms with E-state index in [0.717, 1.165) is 12.8 Å². The zero-order valence-corrected chi connectivity index (χ0v) is 19.0. The summed E-state index contributed by atoms with van der Waals surface area (Å²) >= 11 is 0. The van der Waals surface area contributed by atoms with Crippen LogP contribution in [-0.2, 0) is 9.78 Å². The Bertz CT molecular complexity index is 727. The second kappa shape index (κ2) is 6.43. The van der Waals surface area contributed by atoms with Gasteiger partial charge in [-0.15, -0.1) is 0 Å². The molecule has 0 aromatic carbocycles. The van der Waals surface area contributed by atoms with Crippen LogP contribution in [0.15, 0.2) is 24.3 Å². The van der Waals surface area contributed by atoms with Crippen LogP contribution in [0.3, 0.4) is 0 Å². The molecule has 3 nitrogen and oxygen atoms in total. The van der Waals surface area contributed by atoms with E-state index in [2.05, 4.69) is 58.9 Å². The normalized spacial score (nSPS) is 54.4. The fourth-order valence-electron chi connectivity index (χ4n) is 8.54. The molecule has 162 valence electrons. The topological polar surface area (TPSA) is 38.7 Å². The van der Waals surface area contributed by atoms with Gasteiger partial charge >= 0.3 is 0 Å². The van der Waals surface area contributed by atoms with E-state index in [9.17, 15) is 5.11 Å². The molecule has 2 spiro atoms. The average molecular weight is 401 g/mol. The Labute approximate surface area is 176 Å². The summed E-state index contributed by atoms with van der Waals surface area (Å²) in [6, 6.07) is 0. The smallest absolute Gasteiger partial charge is 0.130 e. The molecule has 0 radical (unpaired) electrons. The molecule has 6 rings (SSSR count). The van der Waals surface area contributed by atoms with Crippen molar-refractivity contribution in [3.63, 3.8) is 0 Å². The van der Waals surface area contributed by atoms with E-state index in [4.69, 9.17) is 9.78 Å². The summed E-state index contributed by atoms with van der Waals surface area (Å²) < 4.78 is 0. The molecule has 2 heterocycles.